The van der Waals surface area contributed by atoms with E-state index in [0.29, 0.717) is 9.76 Å². The van der Waals surface area contributed by atoms with Crippen LogP contribution in [0.15, 0.2) is 48.5 Å². The van der Waals surface area contributed by atoms with E-state index in [1.807, 2.05) is 68.6 Å². The van der Waals surface area contributed by atoms with Crippen molar-refractivity contribution in [2.75, 3.05) is 6.26 Å². The zero-order valence-corrected chi connectivity index (χ0v) is 14.1. The fraction of sp³-hybridized carbons (Fsp3) is 0.222. The van der Waals surface area contributed by atoms with Crippen molar-refractivity contribution in [2.45, 2.75) is 19.8 Å². The highest BCUT2D eigenvalue weighted by atomic mass is 32.2. The SMILES string of the molecule is CSC(=S)C(C(=O)c1ccc(C)cc1)c1ccc(C)cc1. The van der Waals surface area contributed by atoms with Crippen LogP contribution in [0.1, 0.15) is 33.0 Å². The van der Waals surface area contributed by atoms with Crippen LogP contribution in [-0.4, -0.2) is 16.2 Å². The van der Waals surface area contributed by atoms with E-state index in [1.54, 1.807) is 0 Å². The number of benzene rings is 2. The minimum atomic E-state index is -0.363. The van der Waals surface area contributed by atoms with Crippen LogP contribution in [0.4, 0.5) is 0 Å². The maximum absolute atomic E-state index is 12.8. The van der Waals surface area contributed by atoms with Gasteiger partial charge in [-0.05, 0) is 25.7 Å². The fourth-order valence-corrected chi connectivity index (χ4v) is 2.88. The molecule has 0 N–H and O–H groups in total. The molecule has 0 aliphatic rings. The number of hydrogen-bond donors (Lipinski definition) is 0. The summed E-state index contributed by atoms with van der Waals surface area (Å²) < 4.78 is 0.712. The van der Waals surface area contributed by atoms with Gasteiger partial charge in [0.1, 0.15) is 0 Å². The van der Waals surface area contributed by atoms with Crippen LogP contribution in [0.3, 0.4) is 0 Å². The molecule has 2 aromatic rings. The molecule has 0 radical (unpaired) electrons. The van der Waals surface area contributed by atoms with Crippen LogP contribution in [0.2, 0.25) is 0 Å². The highest BCUT2D eigenvalue weighted by Crippen LogP contribution is 2.27. The molecule has 0 aliphatic carbocycles. The standard InChI is InChI=1S/C18H18OS2/c1-12-4-8-14(9-5-12)16(18(20)21-3)17(19)15-10-6-13(2)7-11-15/h4-11,16H,1-3H3. The van der Waals surface area contributed by atoms with Crippen LogP contribution in [0.5, 0.6) is 0 Å². The normalized spacial score (nSPS) is 12.0. The lowest BCUT2D eigenvalue weighted by Gasteiger charge is -2.17. The first kappa shape index (κ1) is 15.9. The van der Waals surface area contributed by atoms with Gasteiger partial charge in [0.05, 0.1) is 10.1 Å². The summed E-state index contributed by atoms with van der Waals surface area (Å²) in [5, 5.41) is 0. The summed E-state index contributed by atoms with van der Waals surface area (Å²) in [5.41, 5.74) is 3.99. The van der Waals surface area contributed by atoms with Crippen LogP contribution >= 0.6 is 24.0 Å². The minimum Gasteiger partial charge on any atom is -0.293 e. The second-order valence-electron chi connectivity index (χ2n) is 5.10. The Morgan fingerprint density at radius 2 is 1.43 bits per heavy atom. The first-order valence-electron chi connectivity index (χ1n) is 6.78. The predicted molar refractivity (Wildman–Crippen MR) is 95.5 cm³/mol. The molecule has 1 unspecified atom stereocenters. The van der Waals surface area contributed by atoms with Crippen molar-refractivity contribution in [3.63, 3.8) is 0 Å². The number of Topliss-reactive ketones (excluding diaryl/α,β-unsaturated/α-hetero) is 1. The van der Waals surface area contributed by atoms with Crippen LogP contribution < -0.4 is 0 Å². The largest absolute Gasteiger partial charge is 0.293 e. The maximum Gasteiger partial charge on any atom is 0.176 e. The van der Waals surface area contributed by atoms with Gasteiger partial charge in [-0.15, -0.1) is 11.8 Å². The molecule has 0 amide bonds. The van der Waals surface area contributed by atoms with Gasteiger partial charge in [-0.3, -0.25) is 4.79 Å². The Morgan fingerprint density at radius 1 is 0.952 bits per heavy atom. The summed E-state index contributed by atoms with van der Waals surface area (Å²) in [6, 6.07) is 15.7. The van der Waals surface area contributed by atoms with Gasteiger partial charge in [-0.1, -0.05) is 71.9 Å². The summed E-state index contributed by atoms with van der Waals surface area (Å²) in [5.74, 6) is -0.295. The van der Waals surface area contributed by atoms with Gasteiger partial charge in [0.25, 0.3) is 0 Å². The molecule has 108 valence electrons. The molecule has 2 rings (SSSR count). The lowest BCUT2D eigenvalue weighted by molar-refractivity contribution is 0.0984. The van der Waals surface area contributed by atoms with E-state index in [2.05, 4.69) is 0 Å². The van der Waals surface area contributed by atoms with Crippen LogP contribution in [0.25, 0.3) is 0 Å². The third-order valence-corrected chi connectivity index (χ3v) is 4.82. The molecule has 1 nitrogen and oxygen atoms in total. The van der Waals surface area contributed by atoms with Crippen molar-refractivity contribution in [3.8, 4) is 0 Å². The lowest BCUT2D eigenvalue weighted by Crippen LogP contribution is -2.19. The van der Waals surface area contributed by atoms with E-state index >= 15 is 0 Å². The number of thiocarbonyl (C=S) groups is 1. The smallest absolute Gasteiger partial charge is 0.176 e. The van der Waals surface area contributed by atoms with Gasteiger partial charge < -0.3 is 0 Å². The number of ketones is 1. The summed E-state index contributed by atoms with van der Waals surface area (Å²) in [6.07, 6.45) is 1.92. The molecule has 0 fully saturated rings. The second-order valence-corrected chi connectivity index (χ2v) is 6.64. The van der Waals surface area contributed by atoms with E-state index in [1.165, 1.54) is 17.3 Å². The van der Waals surface area contributed by atoms with Crippen molar-refractivity contribution in [3.05, 3.63) is 70.8 Å². The predicted octanol–water partition coefficient (Wildman–Crippen LogP) is 4.96. The first-order chi connectivity index (χ1) is 10.0. The Bertz CT molecular complexity index is 642. The van der Waals surface area contributed by atoms with E-state index in [4.69, 9.17) is 12.2 Å². The molecular formula is C18H18OS2. The quantitative estimate of drug-likeness (QED) is 0.586. The monoisotopic (exact) mass is 314 g/mol. The zero-order chi connectivity index (χ0) is 15.4. The molecule has 0 bridgehead atoms. The number of thioether (sulfide) groups is 1. The number of carbonyl (C=O) groups excluding carboxylic acids is 1. The Balaban J connectivity index is 2.40. The maximum atomic E-state index is 12.8. The third-order valence-electron chi connectivity index (χ3n) is 3.45. The second kappa shape index (κ2) is 7.01. The van der Waals surface area contributed by atoms with Crippen molar-refractivity contribution >= 4 is 34.0 Å². The van der Waals surface area contributed by atoms with E-state index in [0.717, 1.165) is 11.1 Å². The summed E-state index contributed by atoms with van der Waals surface area (Å²) in [4.78, 5) is 12.8. The molecule has 0 saturated carbocycles. The highest BCUT2D eigenvalue weighted by Gasteiger charge is 2.25. The van der Waals surface area contributed by atoms with Gasteiger partial charge in [0, 0.05) is 5.56 Å². The van der Waals surface area contributed by atoms with Crippen molar-refractivity contribution in [1.29, 1.82) is 0 Å². The molecule has 3 heteroatoms. The summed E-state index contributed by atoms with van der Waals surface area (Å²) in [7, 11) is 0. The summed E-state index contributed by atoms with van der Waals surface area (Å²) in [6.45, 7) is 4.05. The molecule has 21 heavy (non-hydrogen) atoms. The van der Waals surface area contributed by atoms with Gasteiger partial charge in [-0.25, -0.2) is 0 Å². The molecule has 0 aliphatic heterocycles. The Labute approximate surface area is 135 Å². The Hall–Kier alpha value is -1.45. The minimum absolute atomic E-state index is 0.0678. The van der Waals surface area contributed by atoms with Crippen molar-refractivity contribution in [2.24, 2.45) is 0 Å². The molecule has 2 aromatic carbocycles. The number of hydrogen-bond acceptors (Lipinski definition) is 3. The summed E-state index contributed by atoms with van der Waals surface area (Å²) >= 11 is 6.90. The third kappa shape index (κ3) is 3.80. The molecule has 1 atom stereocenters. The molecule has 0 saturated heterocycles. The number of rotatable bonds is 4. The van der Waals surface area contributed by atoms with Gasteiger partial charge in [-0.2, -0.15) is 0 Å². The average Bonchev–Trinajstić information content (AvgIpc) is 2.49. The topological polar surface area (TPSA) is 17.1 Å². The Morgan fingerprint density at radius 3 is 1.90 bits per heavy atom. The van der Waals surface area contributed by atoms with Crippen molar-refractivity contribution < 1.29 is 4.79 Å². The van der Waals surface area contributed by atoms with E-state index < -0.39 is 0 Å². The van der Waals surface area contributed by atoms with E-state index in [9.17, 15) is 4.79 Å². The fourth-order valence-electron chi connectivity index (χ4n) is 2.16. The zero-order valence-electron chi connectivity index (χ0n) is 12.4. The molecule has 0 heterocycles. The number of carbonyl (C=O) groups is 1. The highest BCUT2D eigenvalue weighted by molar-refractivity contribution is 8.22. The van der Waals surface area contributed by atoms with Crippen LogP contribution in [0, 0.1) is 13.8 Å². The van der Waals surface area contributed by atoms with Crippen LogP contribution in [-0.2, 0) is 0 Å². The van der Waals surface area contributed by atoms with Gasteiger partial charge in [0.2, 0.25) is 0 Å². The molecular weight excluding hydrogens is 296 g/mol. The molecule has 0 spiro atoms. The Kier molecular flexibility index (Phi) is 5.32. The number of aryl methyl sites for hydroxylation is 2. The van der Waals surface area contributed by atoms with Gasteiger partial charge >= 0.3 is 0 Å². The average molecular weight is 314 g/mol. The van der Waals surface area contributed by atoms with Crippen molar-refractivity contribution in [1.82, 2.24) is 0 Å². The van der Waals surface area contributed by atoms with Gasteiger partial charge in [0.15, 0.2) is 5.78 Å². The van der Waals surface area contributed by atoms with E-state index in [-0.39, 0.29) is 11.7 Å². The lowest BCUT2D eigenvalue weighted by atomic mass is 9.91. The first-order valence-corrected chi connectivity index (χ1v) is 8.41. The molecule has 0 aromatic heterocycles.